The minimum atomic E-state index is -4.50. The van der Waals surface area contributed by atoms with Crippen LogP contribution in [0.1, 0.15) is 23.4 Å². The van der Waals surface area contributed by atoms with Crippen molar-refractivity contribution < 1.29 is 22.6 Å². The van der Waals surface area contributed by atoms with Gasteiger partial charge >= 0.3 is 6.18 Å². The number of hydrogen-bond donors (Lipinski definition) is 0. The molecular weight excluding hydrogens is 385 g/mol. The van der Waals surface area contributed by atoms with Crippen molar-refractivity contribution in [3.05, 3.63) is 63.7 Å². The Morgan fingerprint density at radius 3 is 2.62 bits per heavy atom. The van der Waals surface area contributed by atoms with Crippen LogP contribution >= 0.6 is 0 Å². The molecule has 2 heterocycles. The van der Waals surface area contributed by atoms with E-state index in [1.54, 1.807) is 12.1 Å². The standard InChI is InChI=1S/C21H17F3N2O3/c1-28-17-5-3-4-12(18(17)29-2)10-13-8-9-26-19(13)25-16-11-14(21(22,23)24)6-7-15(16)20(26)27/h3-7,10-11H,8-9H2,1-2H3. The average molecular weight is 402 g/mol. The van der Waals surface area contributed by atoms with Crippen LogP contribution in [0.25, 0.3) is 22.6 Å². The van der Waals surface area contributed by atoms with Crippen molar-refractivity contribution in [2.24, 2.45) is 0 Å². The molecule has 0 saturated heterocycles. The zero-order valence-electron chi connectivity index (χ0n) is 15.7. The Labute approximate surface area is 164 Å². The van der Waals surface area contributed by atoms with Crippen molar-refractivity contribution in [1.82, 2.24) is 9.55 Å². The zero-order chi connectivity index (χ0) is 20.8. The number of allylic oxidation sites excluding steroid dienone is 1. The quantitative estimate of drug-likeness (QED) is 0.653. The number of benzene rings is 2. The largest absolute Gasteiger partial charge is 0.493 e. The molecule has 150 valence electrons. The average Bonchev–Trinajstić information content (AvgIpc) is 3.09. The van der Waals surface area contributed by atoms with E-state index in [1.165, 1.54) is 24.9 Å². The Morgan fingerprint density at radius 2 is 1.93 bits per heavy atom. The summed E-state index contributed by atoms with van der Waals surface area (Å²) >= 11 is 0. The van der Waals surface area contributed by atoms with Crippen LogP contribution in [0.3, 0.4) is 0 Å². The summed E-state index contributed by atoms with van der Waals surface area (Å²) in [4.78, 5) is 17.2. The van der Waals surface area contributed by atoms with Gasteiger partial charge in [-0.2, -0.15) is 13.2 Å². The van der Waals surface area contributed by atoms with E-state index in [9.17, 15) is 18.0 Å². The van der Waals surface area contributed by atoms with Crippen LogP contribution in [0.4, 0.5) is 13.2 Å². The van der Waals surface area contributed by atoms with E-state index >= 15 is 0 Å². The van der Waals surface area contributed by atoms with Crippen molar-refractivity contribution >= 4 is 22.6 Å². The molecule has 0 unspecified atom stereocenters. The highest BCUT2D eigenvalue weighted by molar-refractivity contribution is 5.86. The molecule has 0 amide bonds. The number of ether oxygens (including phenoxy) is 2. The van der Waals surface area contributed by atoms with Gasteiger partial charge in [0.2, 0.25) is 0 Å². The maximum absolute atomic E-state index is 13.1. The molecule has 3 aromatic rings. The first kappa shape index (κ1) is 19.0. The molecule has 8 heteroatoms. The lowest BCUT2D eigenvalue weighted by atomic mass is 10.1. The first-order chi connectivity index (χ1) is 13.8. The summed E-state index contributed by atoms with van der Waals surface area (Å²) in [6.07, 6.45) is -2.14. The van der Waals surface area contributed by atoms with Gasteiger partial charge in [0.25, 0.3) is 5.56 Å². The van der Waals surface area contributed by atoms with Crippen LogP contribution in [0.2, 0.25) is 0 Å². The van der Waals surface area contributed by atoms with Crippen molar-refractivity contribution in [3.63, 3.8) is 0 Å². The lowest BCUT2D eigenvalue weighted by Crippen LogP contribution is -2.21. The van der Waals surface area contributed by atoms with Gasteiger partial charge in [-0.25, -0.2) is 4.98 Å². The van der Waals surface area contributed by atoms with Crippen LogP contribution < -0.4 is 15.0 Å². The smallest absolute Gasteiger partial charge is 0.416 e. The topological polar surface area (TPSA) is 53.4 Å². The molecule has 5 nitrogen and oxygen atoms in total. The van der Waals surface area contributed by atoms with E-state index in [-0.39, 0.29) is 16.5 Å². The summed E-state index contributed by atoms with van der Waals surface area (Å²) in [5.41, 5.74) is 0.322. The van der Waals surface area contributed by atoms with E-state index in [1.807, 2.05) is 12.1 Å². The first-order valence-electron chi connectivity index (χ1n) is 8.87. The maximum Gasteiger partial charge on any atom is 0.416 e. The fourth-order valence-electron chi connectivity index (χ4n) is 3.54. The molecule has 0 radical (unpaired) electrons. The van der Waals surface area contributed by atoms with Crippen LogP contribution in [-0.2, 0) is 12.7 Å². The Bertz CT molecular complexity index is 1200. The maximum atomic E-state index is 13.1. The molecule has 4 rings (SSSR count). The SMILES string of the molecule is COc1cccc(C=C2CCn3c2nc2cc(C(F)(F)F)ccc2c3=O)c1OC. The molecule has 1 aromatic heterocycles. The molecule has 0 saturated carbocycles. The van der Waals surface area contributed by atoms with Gasteiger partial charge in [0.1, 0.15) is 5.82 Å². The monoisotopic (exact) mass is 402 g/mol. The summed E-state index contributed by atoms with van der Waals surface area (Å²) in [6, 6.07) is 8.41. The predicted octanol–water partition coefficient (Wildman–Crippen LogP) is 4.38. The molecule has 0 fully saturated rings. The number of nitrogens with zero attached hydrogens (tertiary/aromatic N) is 2. The van der Waals surface area contributed by atoms with Gasteiger partial charge in [-0.15, -0.1) is 0 Å². The van der Waals surface area contributed by atoms with Gasteiger partial charge in [0, 0.05) is 12.1 Å². The third-order valence-corrected chi connectivity index (χ3v) is 4.94. The second-order valence-electron chi connectivity index (χ2n) is 6.62. The molecule has 1 aliphatic heterocycles. The Hall–Kier alpha value is -3.29. The third-order valence-electron chi connectivity index (χ3n) is 4.94. The number of halogens is 3. The van der Waals surface area contributed by atoms with Gasteiger partial charge < -0.3 is 9.47 Å². The molecule has 0 atom stereocenters. The van der Waals surface area contributed by atoms with Crippen LogP contribution in [-0.4, -0.2) is 23.8 Å². The highest BCUT2D eigenvalue weighted by atomic mass is 19.4. The normalized spacial score (nSPS) is 15.0. The zero-order valence-corrected chi connectivity index (χ0v) is 15.7. The molecule has 0 N–H and O–H groups in total. The molecule has 2 aromatic carbocycles. The molecule has 0 aliphatic carbocycles. The fraction of sp³-hybridized carbons (Fsp3) is 0.238. The molecule has 0 spiro atoms. The van der Waals surface area contributed by atoms with Gasteiger partial charge in [0.15, 0.2) is 11.5 Å². The number of aromatic nitrogens is 2. The summed E-state index contributed by atoms with van der Waals surface area (Å²) in [6.45, 7) is 0.413. The number of rotatable bonds is 3. The van der Waals surface area contributed by atoms with Crippen molar-refractivity contribution in [3.8, 4) is 11.5 Å². The van der Waals surface area contributed by atoms with E-state index in [4.69, 9.17) is 9.47 Å². The van der Waals surface area contributed by atoms with E-state index in [2.05, 4.69) is 4.98 Å². The highest BCUT2D eigenvalue weighted by Gasteiger charge is 2.31. The minimum Gasteiger partial charge on any atom is -0.493 e. The van der Waals surface area contributed by atoms with Gasteiger partial charge in [-0.05, 0) is 42.3 Å². The van der Waals surface area contributed by atoms with E-state index in [0.717, 1.165) is 23.3 Å². The van der Waals surface area contributed by atoms with Crippen LogP contribution in [0.5, 0.6) is 11.5 Å². The van der Waals surface area contributed by atoms with Crippen molar-refractivity contribution in [2.45, 2.75) is 19.1 Å². The third kappa shape index (κ3) is 3.24. The number of para-hydroxylation sites is 1. The lowest BCUT2D eigenvalue weighted by Gasteiger charge is -2.11. The van der Waals surface area contributed by atoms with E-state index in [0.29, 0.717) is 30.3 Å². The number of fused-ring (bicyclic) bond motifs is 2. The summed E-state index contributed by atoms with van der Waals surface area (Å²) < 4.78 is 51.4. The number of alkyl halides is 3. The second kappa shape index (κ2) is 6.95. The highest BCUT2D eigenvalue weighted by Crippen LogP contribution is 2.36. The van der Waals surface area contributed by atoms with Gasteiger partial charge in [0.05, 0.1) is 30.7 Å². The van der Waals surface area contributed by atoms with Crippen LogP contribution in [0, 0.1) is 0 Å². The minimum absolute atomic E-state index is 0.0292. The number of hydrogen-bond acceptors (Lipinski definition) is 4. The first-order valence-corrected chi connectivity index (χ1v) is 8.87. The van der Waals surface area contributed by atoms with Gasteiger partial charge in [-0.3, -0.25) is 9.36 Å². The summed E-state index contributed by atoms with van der Waals surface area (Å²) in [7, 11) is 3.06. The van der Waals surface area contributed by atoms with Crippen LogP contribution in [0.15, 0.2) is 41.2 Å². The Morgan fingerprint density at radius 1 is 1.14 bits per heavy atom. The van der Waals surface area contributed by atoms with E-state index < -0.39 is 11.7 Å². The fourth-order valence-corrected chi connectivity index (χ4v) is 3.54. The van der Waals surface area contributed by atoms with Crippen molar-refractivity contribution in [1.29, 1.82) is 0 Å². The lowest BCUT2D eigenvalue weighted by molar-refractivity contribution is -0.137. The molecular formula is C21H17F3N2O3. The summed E-state index contributed by atoms with van der Waals surface area (Å²) in [5, 5.41) is 0.168. The Balaban J connectivity index is 1.89. The molecule has 29 heavy (non-hydrogen) atoms. The molecule has 0 bridgehead atoms. The second-order valence-corrected chi connectivity index (χ2v) is 6.62. The Kier molecular flexibility index (Phi) is 4.56. The van der Waals surface area contributed by atoms with Gasteiger partial charge in [-0.1, -0.05) is 12.1 Å². The van der Waals surface area contributed by atoms with Crippen molar-refractivity contribution in [2.75, 3.05) is 14.2 Å². The summed E-state index contributed by atoms with van der Waals surface area (Å²) in [5.74, 6) is 1.45. The molecule has 1 aliphatic rings. The predicted molar refractivity (Wildman–Crippen MR) is 103 cm³/mol. The number of methoxy groups -OCH3 is 2.